The Morgan fingerprint density at radius 2 is 1.92 bits per heavy atom. The Labute approximate surface area is 163 Å². The molecular formula is C18H33IN4O. The first-order valence-electron chi connectivity index (χ1n) is 8.64. The number of aliphatic hydroxyl groups excluding tert-OH is 1. The fourth-order valence-corrected chi connectivity index (χ4v) is 2.64. The topological polar surface area (TPSA) is 69.5 Å². The molecule has 0 radical (unpaired) electrons. The Hall–Kier alpha value is -0.890. The molecule has 24 heavy (non-hydrogen) atoms. The zero-order valence-electron chi connectivity index (χ0n) is 15.4. The molecule has 0 fully saturated rings. The van der Waals surface area contributed by atoms with Crippen LogP contribution in [0.4, 0.5) is 0 Å². The van der Waals surface area contributed by atoms with Gasteiger partial charge in [0.2, 0.25) is 0 Å². The van der Waals surface area contributed by atoms with Gasteiger partial charge < -0.3 is 15.7 Å². The smallest absolute Gasteiger partial charge is 0.191 e. The van der Waals surface area contributed by atoms with Gasteiger partial charge in [-0.1, -0.05) is 19.9 Å². The standard InChI is InChI=1S/C18H32N4O.HI/c1-5-18(6-2,11-12-23)14-21-17(19-7-3)20-13-16-10-8-9-15(4)22-16;/h8-10,23H,5-7,11-14H2,1-4H3,(H2,19,20,21);1H. The number of pyridine rings is 1. The minimum absolute atomic E-state index is 0. The molecule has 0 saturated carbocycles. The van der Waals surface area contributed by atoms with Gasteiger partial charge in [-0.3, -0.25) is 4.98 Å². The maximum atomic E-state index is 9.33. The van der Waals surface area contributed by atoms with Crippen molar-refractivity contribution < 1.29 is 5.11 Å². The van der Waals surface area contributed by atoms with Gasteiger partial charge in [-0.05, 0) is 50.7 Å². The molecule has 0 bridgehead atoms. The maximum absolute atomic E-state index is 9.33. The molecule has 0 aromatic carbocycles. The van der Waals surface area contributed by atoms with Crippen molar-refractivity contribution in [3.05, 3.63) is 29.6 Å². The van der Waals surface area contributed by atoms with E-state index >= 15 is 0 Å². The van der Waals surface area contributed by atoms with Gasteiger partial charge in [-0.2, -0.15) is 0 Å². The third-order valence-corrected chi connectivity index (χ3v) is 4.46. The molecule has 6 heteroatoms. The van der Waals surface area contributed by atoms with Crippen molar-refractivity contribution in [2.75, 3.05) is 19.7 Å². The molecule has 0 amide bonds. The SMILES string of the molecule is CCNC(=NCc1cccc(C)n1)NCC(CC)(CC)CCO.I. The Bertz CT molecular complexity index is 490. The molecule has 0 unspecified atom stereocenters. The van der Waals surface area contributed by atoms with Gasteiger partial charge in [0.05, 0.1) is 12.2 Å². The van der Waals surface area contributed by atoms with Crippen molar-refractivity contribution in [3.8, 4) is 0 Å². The second-order valence-electron chi connectivity index (χ2n) is 6.00. The summed E-state index contributed by atoms with van der Waals surface area (Å²) in [6.07, 6.45) is 2.89. The van der Waals surface area contributed by atoms with Crippen LogP contribution in [0.1, 0.15) is 51.4 Å². The number of aliphatic imine (C=N–C) groups is 1. The molecule has 1 rings (SSSR count). The number of aromatic nitrogens is 1. The highest BCUT2D eigenvalue weighted by Crippen LogP contribution is 2.29. The second-order valence-corrected chi connectivity index (χ2v) is 6.00. The first-order valence-corrected chi connectivity index (χ1v) is 8.64. The fourth-order valence-electron chi connectivity index (χ4n) is 2.64. The second kappa shape index (κ2) is 12.5. The van der Waals surface area contributed by atoms with E-state index in [1.165, 1.54) is 0 Å². The third kappa shape index (κ3) is 7.79. The minimum Gasteiger partial charge on any atom is -0.396 e. The Balaban J connectivity index is 0.00000529. The quantitative estimate of drug-likeness (QED) is 0.308. The molecule has 138 valence electrons. The average Bonchev–Trinajstić information content (AvgIpc) is 2.56. The lowest BCUT2D eigenvalue weighted by molar-refractivity contribution is 0.169. The summed E-state index contributed by atoms with van der Waals surface area (Å²) in [6, 6.07) is 5.99. The lowest BCUT2D eigenvalue weighted by Gasteiger charge is -2.32. The van der Waals surface area contributed by atoms with E-state index in [0.717, 1.165) is 49.7 Å². The van der Waals surface area contributed by atoms with Crippen molar-refractivity contribution in [2.45, 2.75) is 53.5 Å². The Morgan fingerprint density at radius 1 is 1.21 bits per heavy atom. The molecule has 0 aliphatic heterocycles. The fraction of sp³-hybridized carbons (Fsp3) is 0.667. The number of halogens is 1. The number of nitrogens with one attached hydrogen (secondary N) is 2. The number of hydrogen-bond donors (Lipinski definition) is 3. The van der Waals surface area contributed by atoms with Crippen LogP contribution in [0.25, 0.3) is 0 Å². The molecule has 0 aliphatic rings. The highest BCUT2D eigenvalue weighted by Gasteiger charge is 2.25. The van der Waals surface area contributed by atoms with Crippen LogP contribution < -0.4 is 10.6 Å². The van der Waals surface area contributed by atoms with Crippen LogP contribution in [0.3, 0.4) is 0 Å². The number of hydrogen-bond acceptors (Lipinski definition) is 3. The van der Waals surface area contributed by atoms with Crippen LogP contribution in [0.15, 0.2) is 23.2 Å². The van der Waals surface area contributed by atoms with Crippen molar-refractivity contribution in [1.29, 1.82) is 0 Å². The van der Waals surface area contributed by atoms with Crippen molar-refractivity contribution in [3.63, 3.8) is 0 Å². The van der Waals surface area contributed by atoms with Gasteiger partial charge in [0.1, 0.15) is 0 Å². The Morgan fingerprint density at radius 3 is 2.46 bits per heavy atom. The molecule has 0 aliphatic carbocycles. The van der Waals surface area contributed by atoms with Crippen molar-refractivity contribution >= 4 is 29.9 Å². The monoisotopic (exact) mass is 448 g/mol. The molecule has 5 nitrogen and oxygen atoms in total. The van der Waals surface area contributed by atoms with Crippen LogP contribution >= 0.6 is 24.0 Å². The van der Waals surface area contributed by atoms with Gasteiger partial charge in [-0.25, -0.2) is 4.99 Å². The molecule has 3 N–H and O–H groups in total. The van der Waals surface area contributed by atoms with Gasteiger partial charge in [0.25, 0.3) is 0 Å². The molecule has 1 aromatic heterocycles. The number of rotatable bonds is 9. The summed E-state index contributed by atoms with van der Waals surface area (Å²) < 4.78 is 0. The van der Waals surface area contributed by atoms with Crippen LogP contribution in [0, 0.1) is 12.3 Å². The predicted molar refractivity (Wildman–Crippen MR) is 112 cm³/mol. The van der Waals surface area contributed by atoms with E-state index in [1.54, 1.807) is 0 Å². The van der Waals surface area contributed by atoms with Crippen LogP contribution in [-0.4, -0.2) is 35.7 Å². The van der Waals surface area contributed by atoms with Crippen LogP contribution in [0.5, 0.6) is 0 Å². The molecular weight excluding hydrogens is 415 g/mol. The zero-order chi connectivity index (χ0) is 17.1. The highest BCUT2D eigenvalue weighted by molar-refractivity contribution is 14.0. The third-order valence-electron chi connectivity index (χ3n) is 4.46. The number of nitrogens with zero attached hydrogens (tertiary/aromatic N) is 2. The van der Waals surface area contributed by atoms with Crippen LogP contribution in [-0.2, 0) is 6.54 Å². The lowest BCUT2D eigenvalue weighted by atomic mass is 9.79. The summed E-state index contributed by atoms with van der Waals surface area (Å²) in [5.41, 5.74) is 2.09. The summed E-state index contributed by atoms with van der Waals surface area (Å²) >= 11 is 0. The highest BCUT2D eigenvalue weighted by atomic mass is 127. The summed E-state index contributed by atoms with van der Waals surface area (Å²) in [5.74, 6) is 0.806. The minimum atomic E-state index is 0. The first kappa shape index (κ1) is 23.1. The Kier molecular flexibility index (Phi) is 12.0. The number of aryl methyl sites for hydroxylation is 1. The first-order chi connectivity index (χ1) is 11.1. The van der Waals surface area contributed by atoms with Crippen LogP contribution in [0.2, 0.25) is 0 Å². The average molecular weight is 448 g/mol. The maximum Gasteiger partial charge on any atom is 0.191 e. The van der Waals surface area contributed by atoms with Gasteiger partial charge >= 0.3 is 0 Å². The predicted octanol–water partition coefficient (Wildman–Crippen LogP) is 3.25. The molecule has 1 heterocycles. The van der Waals surface area contributed by atoms with E-state index in [-0.39, 0.29) is 36.0 Å². The van der Waals surface area contributed by atoms with E-state index in [9.17, 15) is 5.11 Å². The van der Waals surface area contributed by atoms with E-state index in [1.807, 2.05) is 25.1 Å². The molecule has 1 aromatic rings. The molecule has 0 atom stereocenters. The summed E-state index contributed by atoms with van der Waals surface area (Å²) in [4.78, 5) is 9.11. The van der Waals surface area contributed by atoms with E-state index in [0.29, 0.717) is 6.54 Å². The summed E-state index contributed by atoms with van der Waals surface area (Å²) in [6.45, 7) is 10.8. The van der Waals surface area contributed by atoms with Gasteiger partial charge in [-0.15, -0.1) is 24.0 Å². The van der Waals surface area contributed by atoms with Crippen molar-refractivity contribution in [1.82, 2.24) is 15.6 Å². The normalized spacial score (nSPS) is 11.8. The number of guanidine groups is 1. The van der Waals surface area contributed by atoms with Crippen molar-refractivity contribution in [2.24, 2.45) is 10.4 Å². The van der Waals surface area contributed by atoms with E-state index < -0.39 is 0 Å². The van der Waals surface area contributed by atoms with Gasteiger partial charge in [0, 0.05) is 25.4 Å². The molecule has 0 spiro atoms. The van der Waals surface area contributed by atoms with E-state index in [4.69, 9.17) is 0 Å². The zero-order valence-corrected chi connectivity index (χ0v) is 17.8. The van der Waals surface area contributed by atoms with E-state index in [2.05, 4.69) is 41.4 Å². The number of aliphatic hydroxyl groups is 1. The summed E-state index contributed by atoms with van der Waals surface area (Å²) in [7, 11) is 0. The molecule has 0 saturated heterocycles. The van der Waals surface area contributed by atoms with Gasteiger partial charge in [0.15, 0.2) is 5.96 Å². The lowest BCUT2D eigenvalue weighted by Crippen LogP contribution is -2.43. The summed E-state index contributed by atoms with van der Waals surface area (Å²) in [5, 5.41) is 16.0. The largest absolute Gasteiger partial charge is 0.396 e.